The summed E-state index contributed by atoms with van der Waals surface area (Å²) < 4.78 is 12.6. The minimum absolute atomic E-state index is 0. The van der Waals surface area contributed by atoms with Crippen molar-refractivity contribution in [2.45, 2.75) is 26.4 Å². The molecule has 3 aromatic rings. The van der Waals surface area contributed by atoms with Crippen LogP contribution in [0.5, 0.6) is 5.75 Å². The smallest absolute Gasteiger partial charge is 0.196 e. The lowest BCUT2D eigenvalue weighted by Crippen LogP contribution is -2.30. The lowest BCUT2D eigenvalue weighted by atomic mass is 10.1. The molecule has 0 aliphatic heterocycles. The fraction of sp³-hybridized carbons (Fsp3) is 0.348. The van der Waals surface area contributed by atoms with Crippen LogP contribution in [0.4, 0.5) is 5.69 Å². The predicted molar refractivity (Wildman–Crippen MR) is 138 cm³/mol. The fourth-order valence-electron chi connectivity index (χ4n) is 3.00. The SMILES string of the molecule is CCNC(=NCc1cccc(Cn2cncn2)c1)Nc1cccc(OCCCOC)c1.I. The van der Waals surface area contributed by atoms with Gasteiger partial charge in [-0.1, -0.05) is 30.3 Å². The molecule has 0 saturated heterocycles. The molecule has 32 heavy (non-hydrogen) atoms. The van der Waals surface area contributed by atoms with E-state index >= 15 is 0 Å². The van der Waals surface area contributed by atoms with E-state index in [4.69, 9.17) is 14.5 Å². The molecule has 0 aliphatic rings. The molecule has 172 valence electrons. The van der Waals surface area contributed by atoms with Crippen LogP contribution in [0.15, 0.2) is 66.2 Å². The number of methoxy groups -OCH3 is 1. The second-order valence-corrected chi connectivity index (χ2v) is 6.96. The standard InChI is InChI=1S/C23H30N6O2.HI/c1-3-25-23(28-21-9-5-10-22(14-21)31-12-6-11-30-2)26-15-19-7-4-8-20(13-19)16-29-18-24-17-27-29;/h4-5,7-10,13-14,17-18H,3,6,11-12,15-16H2,1-2H3,(H2,25,26,28);1H. The van der Waals surface area contributed by atoms with Crippen molar-refractivity contribution in [3.05, 3.63) is 72.3 Å². The van der Waals surface area contributed by atoms with Crippen LogP contribution in [0.25, 0.3) is 0 Å². The van der Waals surface area contributed by atoms with Crippen LogP contribution in [0, 0.1) is 0 Å². The van der Waals surface area contributed by atoms with Crippen molar-refractivity contribution in [3.8, 4) is 5.75 Å². The third kappa shape index (κ3) is 8.83. The summed E-state index contributed by atoms with van der Waals surface area (Å²) in [6.07, 6.45) is 4.11. The molecule has 0 aliphatic carbocycles. The molecular weight excluding hydrogens is 519 g/mol. The van der Waals surface area contributed by atoms with Crippen LogP contribution >= 0.6 is 24.0 Å². The summed E-state index contributed by atoms with van der Waals surface area (Å²) in [5, 5.41) is 10.8. The van der Waals surface area contributed by atoms with Crippen molar-refractivity contribution < 1.29 is 9.47 Å². The number of halogens is 1. The minimum Gasteiger partial charge on any atom is -0.493 e. The molecule has 0 radical (unpaired) electrons. The van der Waals surface area contributed by atoms with E-state index in [-0.39, 0.29) is 24.0 Å². The van der Waals surface area contributed by atoms with Gasteiger partial charge in [-0.05, 0) is 30.2 Å². The van der Waals surface area contributed by atoms with E-state index in [0.717, 1.165) is 41.5 Å². The van der Waals surface area contributed by atoms with Gasteiger partial charge in [-0.15, -0.1) is 24.0 Å². The van der Waals surface area contributed by atoms with Gasteiger partial charge in [-0.25, -0.2) is 14.7 Å². The summed E-state index contributed by atoms with van der Waals surface area (Å²) in [4.78, 5) is 8.73. The van der Waals surface area contributed by atoms with Crippen molar-refractivity contribution in [3.63, 3.8) is 0 Å². The Morgan fingerprint density at radius 2 is 1.94 bits per heavy atom. The van der Waals surface area contributed by atoms with Crippen molar-refractivity contribution in [2.75, 3.05) is 32.2 Å². The maximum atomic E-state index is 5.78. The van der Waals surface area contributed by atoms with E-state index in [1.54, 1.807) is 24.4 Å². The number of rotatable bonds is 11. The zero-order valence-electron chi connectivity index (χ0n) is 18.5. The molecule has 0 bridgehead atoms. The highest BCUT2D eigenvalue weighted by molar-refractivity contribution is 14.0. The van der Waals surface area contributed by atoms with Crippen LogP contribution in [0.2, 0.25) is 0 Å². The molecule has 0 atom stereocenters. The molecule has 9 heteroatoms. The third-order valence-electron chi connectivity index (χ3n) is 4.42. The second kappa shape index (κ2) is 14.4. The highest BCUT2D eigenvalue weighted by atomic mass is 127. The summed E-state index contributed by atoms with van der Waals surface area (Å²) in [5.74, 6) is 1.54. The third-order valence-corrected chi connectivity index (χ3v) is 4.42. The number of guanidine groups is 1. The highest BCUT2D eigenvalue weighted by Crippen LogP contribution is 2.17. The predicted octanol–water partition coefficient (Wildman–Crippen LogP) is 3.94. The molecule has 8 nitrogen and oxygen atoms in total. The molecule has 1 aromatic heterocycles. The maximum Gasteiger partial charge on any atom is 0.196 e. The number of nitrogens with one attached hydrogen (secondary N) is 2. The summed E-state index contributed by atoms with van der Waals surface area (Å²) in [5.41, 5.74) is 3.21. The van der Waals surface area contributed by atoms with Gasteiger partial charge in [-0.2, -0.15) is 5.10 Å². The second-order valence-electron chi connectivity index (χ2n) is 6.96. The normalized spacial score (nSPS) is 11.0. The zero-order valence-corrected chi connectivity index (χ0v) is 20.9. The largest absolute Gasteiger partial charge is 0.493 e. The van der Waals surface area contributed by atoms with E-state index < -0.39 is 0 Å². The first-order chi connectivity index (χ1) is 15.3. The van der Waals surface area contributed by atoms with Crippen molar-refractivity contribution in [1.82, 2.24) is 20.1 Å². The van der Waals surface area contributed by atoms with E-state index in [0.29, 0.717) is 26.3 Å². The van der Waals surface area contributed by atoms with Crippen molar-refractivity contribution in [1.29, 1.82) is 0 Å². The van der Waals surface area contributed by atoms with Crippen LogP contribution < -0.4 is 15.4 Å². The van der Waals surface area contributed by atoms with Gasteiger partial charge in [0, 0.05) is 38.4 Å². The Labute approximate surface area is 206 Å². The summed E-state index contributed by atoms with van der Waals surface area (Å²) in [7, 11) is 1.69. The Hall–Kier alpha value is -2.66. The first kappa shape index (κ1) is 25.6. The van der Waals surface area contributed by atoms with Crippen molar-refractivity contribution >= 4 is 35.6 Å². The molecule has 1 heterocycles. The van der Waals surface area contributed by atoms with Gasteiger partial charge in [-0.3, -0.25) is 0 Å². The van der Waals surface area contributed by atoms with Gasteiger partial charge < -0.3 is 20.1 Å². The van der Waals surface area contributed by atoms with E-state index in [1.807, 2.05) is 37.3 Å². The average molecular weight is 550 g/mol. The van der Waals surface area contributed by atoms with Crippen LogP contribution in [-0.4, -0.2) is 47.6 Å². The lowest BCUT2D eigenvalue weighted by molar-refractivity contribution is 0.172. The number of anilines is 1. The molecule has 3 rings (SSSR count). The Balaban J connectivity index is 0.00000363. The molecule has 0 saturated carbocycles. The molecular formula is C23H31IN6O2. The van der Waals surface area contributed by atoms with Gasteiger partial charge in [0.1, 0.15) is 18.4 Å². The molecule has 0 unspecified atom stereocenters. The van der Waals surface area contributed by atoms with Gasteiger partial charge in [0.25, 0.3) is 0 Å². The number of nitrogens with zero attached hydrogens (tertiary/aromatic N) is 4. The van der Waals surface area contributed by atoms with Crippen molar-refractivity contribution in [2.24, 2.45) is 4.99 Å². The van der Waals surface area contributed by atoms with E-state index in [1.165, 1.54) is 0 Å². The first-order valence-electron chi connectivity index (χ1n) is 10.4. The van der Waals surface area contributed by atoms with Crippen LogP contribution in [0.3, 0.4) is 0 Å². The number of aromatic nitrogens is 3. The van der Waals surface area contributed by atoms with Gasteiger partial charge in [0.15, 0.2) is 5.96 Å². The van der Waals surface area contributed by atoms with Crippen LogP contribution in [0.1, 0.15) is 24.5 Å². The molecule has 2 aromatic carbocycles. The van der Waals surface area contributed by atoms with Crippen LogP contribution in [-0.2, 0) is 17.8 Å². The van der Waals surface area contributed by atoms with Gasteiger partial charge >= 0.3 is 0 Å². The minimum atomic E-state index is 0. The maximum absolute atomic E-state index is 5.78. The lowest BCUT2D eigenvalue weighted by Gasteiger charge is -2.13. The summed E-state index contributed by atoms with van der Waals surface area (Å²) in [6.45, 7) is 5.38. The monoisotopic (exact) mass is 550 g/mol. The highest BCUT2D eigenvalue weighted by Gasteiger charge is 2.03. The van der Waals surface area contributed by atoms with E-state index in [2.05, 4.69) is 38.9 Å². The Morgan fingerprint density at radius 3 is 2.72 bits per heavy atom. The molecule has 0 spiro atoms. The molecule has 2 N–H and O–H groups in total. The van der Waals surface area contributed by atoms with Gasteiger partial charge in [0.05, 0.1) is 19.7 Å². The summed E-state index contributed by atoms with van der Waals surface area (Å²) >= 11 is 0. The number of hydrogen-bond acceptors (Lipinski definition) is 5. The molecule has 0 amide bonds. The number of aliphatic imine (C=N–C) groups is 1. The average Bonchev–Trinajstić information content (AvgIpc) is 3.29. The Bertz CT molecular complexity index is 949. The first-order valence-corrected chi connectivity index (χ1v) is 10.4. The topological polar surface area (TPSA) is 85.6 Å². The summed E-state index contributed by atoms with van der Waals surface area (Å²) in [6, 6.07) is 16.2. The number of hydrogen-bond donors (Lipinski definition) is 2. The quantitative estimate of drug-likeness (QED) is 0.163. The Kier molecular flexibility index (Phi) is 11.5. The van der Waals surface area contributed by atoms with Gasteiger partial charge in [0.2, 0.25) is 0 Å². The Morgan fingerprint density at radius 1 is 1.09 bits per heavy atom. The zero-order chi connectivity index (χ0) is 21.7. The number of ether oxygens (including phenoxy) is 2. The fourth-order valence-corrected chi connectivity index (χ4v) is 3.00. The number of benzene rings is 2. The molecule has 0 fully saturated rings. The van der Waals surface area contributed by atoms with E-state index in [9.17, 15) is 0 Å².